The first-order valence-electron chi connectivity index (χ1n) is 11.2. The second kappa shape index (κ2) is 11.5. The van der Waals surface area contributed by atoms with Gasteiger partial charge in [0.25, 0.3) is 0 Å². The highest BCUT2D eigenvalue weighted by atomic mass is 16.5. The Kier molecular flexibility index (Phi) is 8.72. The first kappa shape index (κ1) is 22.0. The van der Waals surface area contributed by atoms with Crippen LogP contribution >= 0.6 is 0 Å². The summed E-state index contributed by atoms with van der Waals surface area (Å²) in [6, 6.07) is 10.7. The maximum Gasteiger partial charge on any atom is 0.0594 e. The molecule has 0 radical (unpaired) electrons. The van der Waals surface area contributed by atoms with Gasteiger partial charge in [0.1, 0.15) is 0 Å². The number of nitrogens with zero attached hydrogens (tertiary/aromatic N) is 2. The first-order valence-corrected chi connectivity index (χ1v) is 11.2. The van der Waals surface area contributed by atoms with Gasteiger partial charge >= 0.3 is 0 Å². The number of likely N-dealkylation sites (tertiary alicyclic amines) is 1. The summed E-state index contributed by atoms with van der Waals surface area (Å²) in [6.45, 7) is 19.4. The molecule has 3 nitrogen and oxygen atoms in total. The highest BCUT2D eigenvalue weighted by molar-refractivity contribution is 5.28. The van der Waals surface area contributed by atoms with Crippen LogP contribution in [0.1, 0.15) is 25.3 Å². The second-order valence-corrected chi connectivity index (χ2v) is 8.57. The van der Waals surface area contributed by atoms with Crippen LogP contribution in [0.25, 0.3) is 0 Å². The molecule has 2 heterocycles. The summed E-state index contributed by atoms with van der Waals surface area (Å²) < 4.78 is 5.44. The summed E-state index contributed by atoms with van der Waals surface area (Å²) in [5.74, 6) is 0.995. The van der Waals surface area contributed by atoms with E-state index in [0.29, 0.717) is 11.8 Å². The average molecular weight is 395 g/mol. The van der Waals surface area contributed by atoms with Crippen LogP contribution in [0.4, 0.5) is 0 Å². The van der Waals surface area contributed by atoms with Gasteiger partial charge in [-0.1, -0.05) is 60.2 Å². The number of ether oxygens (including phenoxy) is 1. The molecule has 0 N–H and O–H groups in total. The molecular formula is C26H38N2O. The van der Waals surface area contributed by atoms with Crippen molar-refractivity contribution in [1.82, 2.24) is 9.80 Å². The Labute approximate surface area is 177 Å². The smallest absolute Gasteiger partial charge is 0.0594 e. The minimum absolute atomic E-state index is 0.378. The van der Waals surface area contributed by atoms with Crippen molar-refractivity contribution in [2.75, 3.05) is 52.5 Å². The van der Waals surface area contributed by atoms with E-state index in [9.17, 15) is 0 Å². The molecule has 2 aliphatic heterocycles. The number of hydrogen-bond acceptors (Lipinski definition) is 3. The third-order valence-corrected chi connectivity index (χ3v) is 6.53. The van der Waals surface area contributed by atoms with Crippen molar-refractivity contribution in [3.8, 4) is 0 Å². The van der Waals surface area contributed by atoms with Crippen LogP contribution in [-0.2, 0) is 11.2 Å². The minimum atomic E-state index is 0.378. The molecule has 1 aromatic rings. The quantitative estimate of drug-likeness (QED) is 0.450. The number of rotatable bonds is 9. The number of benzene rings is 1. The van der Waals surface area contributed by atoms with E-state index in [1.165, 1.54) is 55.7 Å². The Morgan fingerprint density at radius 1 is 1.07 bits per heavy atom. The number of morpholine rings is 1. The number of piperidine rings is 1. The zero-order chi connectivity index (χ0) is 20.5. The molecule has 0 saturated carbocycles. The molecule has 1 unspecified atom stereocenters. The van der Waals surface area contributed by atoms with Gasteiger partial charge in [-0.15, -0.1) is 6.58 Å². The van der Waals surface area contributed by atoms with Gasteiger partial charge in [0.15, 0.2) is 0 Å². The third-order valence-electron chi connectivity index (χ3n) is 6.53. The molecule has 1 atom stereocenters. The average Bonchev–Trinajstić information content (AvgIpc) is 2.77. The normalized spacial score (nSPS) is 21.1. The Hall–Kier alpha value is -1.68. The van der Waals surface area contributed by atoms with Crippen molar-refractivity contribution < 1.29 is 4.74 Å². The zero-order valence-corrected chi connectivity index (χ0v) is 18.2. The lowest BCUT2D eigenvalue weighted by Gasteiger charge is -2.35. The largest absolute Gasteiger partial charge is 0.379 e. The van der Waals surface area contributed by atoms with Crippen molar-refractivity contribution in [3.05, 3.63) is 72.4 Å². The molecule has 0 aliphatic carbocycles. The van der Waals surface area contributed by atoms with E-state index in [1.807, 2.05) is 0 Å². The van der Waals surface area contributed by atoms with Crippen LogP contribution in [-0.4, -0.2) is 62.3 Å². The van der Waals surface area contributed by atoms with E-state index in [0.717, 1.165) is 32.7 Å². The van der Waals surface area contributed by atoms with Crippen LogP contribution in [0.3, 0.4) is 0 Å². The molecule has 29 heavy (non-hydrogen) atoms. The minimum Gasteiger partial charge on any atom is -0.379 e. The summed E-state index contributed by atoms with van der Waals surface area (Å²) in [7, 11) is 0. The molecule has 3 heteroatoms. The van der Waals surface area contributed by atoms with Gasteiger partial charge in [0.2, 0.25) is 0 Å². The van der Waals surface area contributed by atoms with E-state index in [1.54, 1.807) is 0 Å². The van der Waals surface area contributed by atoms with Gasteiger partial charge in [-0.05, 0) is 50.8 Å². The van der Waals surface area contributed by atoms with Crippen LogP contribution in [0.15, 0.2) is 66.8 Å². The number of hydrogen-bond donors (Lipinski definition) is 0. The van der Waals surface area contributed by atoms with Crippen LogP contribution in [0, 0.1) is 11.8 Å². The standard InChI is InChI=1S/C26H38N2O/c1-4-25(21-24-8-6-5-7-9-24)22(2)20-23(3)26-10-12-27(13-11-26)14-15-28-16-18-29-19-17-28/h4-9,20,25-26H,1,3,10-19,21H2,2H3/b22-20-. The molecule has 0 aromatic heterocycles. The van der Waals surface area contributed by atoms with Gasteiger partial charge in [-0.25, -0.2) is 0 Å². The molecular weight excluding hydrogens is 356 g/mol. The number of allylic oxidation sites excluding steroid dienone is 4. The molecule has 2 saturated heterocycles. The fraction of sp³-hybridized carbons (Fsp3) is 0.538. The fourth-order valence-corrected chi connectivity index (χ4v) is 4.45. The third kappa shape index (κ3) is 6.95. The van der Waals surface area contributed by atoms with Crippen molar-refractivity contribution in [2.45, 2.75) is 26.2 Å². The Bertz CT molecular complexity index is 667. The second-order valence-electron chi connectivity index (χ2n) is 8.57. The molecule has 0 bridgehead atoms. The Morgan fingerprint density at radius 2 is 1.69 bits per heavy atom. The molecule has 158 valence electrons. The molecule has 1 aromatic carbocycles. The maximum atomic E-state index is 5.44. The van der Waals surface area contributed by atoms with E-state index >= 15 is 0 Å². The molecule has 0 spiro atoms. The maximum absolute atomic E-state index is 5.44. The lowest BCUT2D eigenvalue weighted by molar-refractivity contribution is 0.0318. The van der Waals surface area contributed by atoms with E-state index in [4.69, 9.17) is 4.74 Å². The van der Waals surface area contributed by atoms with Crippen molar-refractivity contribution in [1.29, 1.82) is 0 Å². The molecule has 2 fully saturated rings. The predicted octanol–water partition coefficient (Wildman–Crippen LogP) is 4.58. The molecule has 2 aliphatic rings. The summed E-state index contributed by atoms with van der Waals surface area (Å²) >= 11 is 0. The molecule has 0 amide bonds. The highest BCUT2D eigenvalue weighted by Gasteiger charge is 2.21. The fourth-order valence-electron chi connectivity index (χ4n) is 4.45. The molecule has 3 rings (SSSR count). The van der Waals surface area contributed by atoms with E-state index in [2.05, 4.69) is 72.4 Å². The zero-order valence-electron chi connectivity index (χ0n) is 18.2. The van der Waals surface area contributed by atoms with E-state index < -0.39 is 0 Å². The van der Waals surface area contributed by atoms with Gasteiger partial charge in [-0.2, -0.15) is 0 Å². The van der Waals surface area contributed by atoms with Crippen molar-refractivity contribution >= 4 is 0 Å². The predicted molar refractivity (Wildman–Crippen MR) is 123 cm³/mol. The van der Waals surface area contributed by atoms with Gasteiger partial charge in [-0.3, -0.25) is 4.90 Å². The van der Waals surface area contributed by atoms with Crippen LogP contribution < -0.4 is 0 Å². The summed E-state index contributed by atoms with van der Waals surface area (Å²) in [4.78, 5) is 5.15. The summed E-state index contributed by atoms with van der Waals surface area (Å²) in [5.41, 5.74) is 4.04. The van der Waals surface area contributed by atoms with Crippen molar-refractivity contribution in [3.63, 3.8) is 0 Å². The van der Waals surface area contributed by atoms with Gasteiger partial charge in [0, 0.05) is 32.1 Å². The van der Waals surface area contributed by atoms with Crippen molar-refractivity contribution in [2.24, 2.45) is 11.8 Å². The monoisotopic (exact) mass is 394 g/mol. The Morgan fingerprint density at radius 3 is 2.31 bits per heavy atom. The topological polar surface area (TPSA) is 15.7 Å². The first-order chi connectivity index (χ1) is 14.2. The van der Waals surface area contributed by atoms with Crippen LogP contribution in [0.5, 0.6) is 0 Å². The summed E-state index contributed by atoms with van der Waals surface area (Å²) in [5, 5.41) is 0. The Balaban J connectivity index is 1.44. The SMILES string of the molecule is C=CC(Cc1ccccc1)/C(C)=C\C(=C)C1CCN(CCN2CCOCC2)CC1. The van der Waals surface area contributed by atoms with Crippen LogP contribution in [0.2, 0.25) is 0 Å². The van der Waals surface area contributed by atoms with Gasteiger partial charge in [0.05, 0.1) is 13.2 Å². The highest BCUT2D eigenvalue weighted by Crippen LogP contribution is 2.27. The lowest BCUT2D eigenvalue weighted by Crippen LogP contribution is -2.43. The van der Waals surface area contributed by atoms with Gasteiger partial charge < -0.3 is 9.64 Å². The van der Waals surface area contributed by atoms with E-state index in [-0.39, 0.29) is 0 Å². The lowest BCUT2D eigenvalue weighted by atomic mass is 9.86. The summed E-state index contributed by atoms with van der Waals surface area (Å²) in [6.07, 6.45) is 7.88.